The summed E-state index contributed by atoms with van der Waals surface area (Å²) in [5.41, 5.74) is -0.0198. The Labute approximate surface area is 101 Å². The van der Waals surface area contributed by atoms with Gasteiger partial charge in [-0.15, -0.1) is 11.3 Å². The Kier molecular flexibility index (Phi) is 4.14. The van der Waals surface area contributed by atoms with E-state index in [0.29, 0.717) is 11.5 Å². The molecular formula is C13H16O2S. The van der Waals surface area contributed by atoms with E-state index in [9.17, 15) is 4.79 Å². The van der Waals surface area contributed by atoms with Gasteiger partial charge in [0.15, 0.2) is 0 Å². The molecule has 0 aromatic carbocycles. The van der Waals surface area contributed by atoms with E-state index in [-0.39, 0.29) is 11.4 Å². The molecular weight excluding hydrogens is 220 g/mol. The number of hydrogen-bond donors (Lipinski definition) is 0. The first-order valence-electron chi connectivity index (χ1n) is 5.22. The number of rotatable bonds is 2. The zero-order chi connectivity index (χ0) is 12.2. The fourth-order valence-electron chi connectivity index (χ4n) is 0.966. The van der Waals surface area contributed by atoms with Crippen LogP contribution >= 0.6 is 11.3 Å². The van der Waals surface area contributed by atoms with Crippen LogP contribution < -0.4 is 0 Å². The predicted octanol–water partition coefficient (Wildman–Crippen LogP) is 3.32. The van der Waals surface area contributed by atoms with Crippen LogP contribution in [0.1, 0.15) is 42.2 Å². The maximum Gasteiger partial charge on any atom is 0.348 e. The predicted molar refractivity (Wildman–Crippen MR) is 66.6 cm³/mol. The molecule has 0 aliphatic heterocycles. The highest BCUT2D eigenvalue weighted by Gasteiger charge is 2.09. The van der Waals surface area contributed by atoms with Crippen LogP contribution in [0.15, 0.2) is 12.1 Å². The van der Waals surface area contributed by atoms with Gasteiger partial charge in [0.05, 0.1) is 11.5 Å². The van der Waals surface area contributed by atoms with Gasteiger partial charge in [0.1, 0.15) is 4.88 Å². The van der Waals surface area contributed by atoms with E-state index in [1.165, 1.54) is 11.3 Å². The number of carbonyl (C=O) groups excluding carboxylic acids is 1. The summed E-state index contributed by atoms with van der Waals surface area (Å²) < 4.78 is 4.91. The van der Waals surface area contributed by atoms with Crippen LogP contribution in [-0.4, -0.2) is 12.6 Å². The van der Waals surface area contributed by atoms with Crippen molar-refractivity contribution < 1.29 is 9.53 Å². The van der Waals surface area contributed by atoms with Crippen molar-refractivity contribution in [1.29, 1.82) is 0 Å². The van der Waals surface area contributed by atoms with Crippen molar-refractivity contribution in [2.45, 2.75) is 27.7 Å². The lowest BCUT2D eigenvalue weighted by Crippen LogP contribution is -2.01. The molecule has 0 bridgehead atoms. The minimum absolute atomic E-state index is 0.0198. The van der Waals surface area contributed by atoms with Gasteiger partial charge >= 0.3 is 5.97 Å². The molecule has 0 saturated carbocycles. The van der Waals surface area contributed by atoms with Crippen LogP contribution in [0.4, 0.5) is 0 Å². The van der Waals surface area contributed by atoms with Crippen LogP contribution in [0, 0.1) is 17.3 Å². The Morgan fingerprint density at radius 3 is 2.69 bits per heavy atom. The molecule has 86 valence electrons. The number of esters is 1. The van der Waals surface area contributed by atoms with Gasteiger partial charge in [0, 0.05) is 5.41 Å². The number of thiophene rings is 1. The van der Waals surface area contributed by atoms with Crippen LogP contribution in [0.3, 0.4) is 0 Å². The molecule has 0 fully saturated rings. The molecule has 0 saturated heterocycles. The first-order chi connectivity index (χ1) is 7.42. The van der Waals surface area contributed by atoms with E-state index in [2.05, 4.69) is 32.6 Å². The summed E-state index contributed by atoms with van der Waals surface area (Å²) in [5, 5.41) is 0. The second kappa shape index (κ2) is 5.18. The number of ether oxygens (including phenoxy) is 1. The van der Waals surface area contributed by atoms with E-state index in [1.54, 1.807) is 13.0 Å². The van der Waals surface area contributed by atoms with Crippen molar-refractivity contribution >= 4 is 17.3 Å². The SMILES string of the molecule is CCOC(=O)c1ccc(C#CC(C)(C)C)s1. The minimum Gasteiger partial charge on any atom is -0.462 e. The van der Waals surface area contributed by atoms with Crippen LogP contribution in [0.25, 0.3) is 0 Å². The quantitative estimate of drug-likeness (QED) is 0.581. The van der Waals surface area contributed by atoms with Gasteiger partial charge in [-0.25, -0.2) is 4.79 Å². The molecule has 2 nitrogen and oxygen atoms in total. The molecule has 0 aliphatic rings. The van der Waals surface area contributed by atoms with Gasteiger partial charge in [-0.05, 0) is 39.8 Å². The highest BCUT2D eigenvalue weighted by molar-refractivity contribution is 7.14. The Hall–Kier alpha value is -1.27. The van der Waals surface area contributed by atoms with Gasteiger partial charge < -0.3 is 4.74 Å². The molecule has 1 aromatic heterocycles. The molecule has 1 rings (SSSR count). The standard InChI is InChI=1S/C13H16O2S/c1-5-15-12(14)11-7-6-10(16-11)8-9-13(2,3)4/h6-7H,5H2,1-4H3. The van der Waals surface area contributed by atoms with E-state index < -0.39 is 0 Å². The van der Waals surface area contributed by atoms with Crippen molar-refractivity contribution in [3.05, 3.63) is 21.9 Å². The number of carbonyl (C=O) groups is 1. The van der Waals surface area contributed by atoms with Crippen LogP contribution in [-0.2, 0) is 4.74 Å². The Bertz CT molecular complexity index is 427. The molecule has 0 unspecified atom stereocenters. The Morgan fingerprint density at radius 2 is 2.12 bits per heavy atom. The van der Waals surface area contributed by atoms with Crippen LogP contribution in [0.2, 0.25) is 0 Å². The summed E-state index contributed by atoms with van der Waals surface area (Å²) in [7, 11) is 0. The van der Waals surface area contributed by atoms with Gasteiger partial charge in [0.25, 0.3) is 0 Å². The lowest BCUT2D eigenvalue weighted by atomic mass is 9.98. The fourth-order valence-corrected chi connectivity index (χ4v) is 1.72. The van der Waals surface area contributed by atoms with Crippen LogP contribution in [0.5, 0.6) is 0 Å². The van der Waals surface area contributed by atoms with E-state index in [1.807, 2.05) is 6.07 Å². The molecule has 0 aliphatic carbocycles. The third-order valence-corrected chi connectivity index (χ3v) is 2.62. The van der Waals surface area contributed by atoms with E-state index in [4.69, 9.17) is 4.74 Å². The number of hydrogen-bond acceptors (Lipinski definition) is 3. The fraction of sp³-hybridized carbons (Fsp3) is 0.462. The highest BCUT2D eigenvalue weighted by Crippen LogP contribution is 2.18. The monoisotopic (exact) mass is 236 g/mol. The van der Waals surface area contributed by atoms with E-state index in [0.717, 1.165) is 4.88 Å². The summed E-state index contributed by atoms with van der Waals surface area (Å²) in [6.45, 7) is 8.37. The smallest absolute Gasteiger partial charge is 0.348 e. The largest absolute Gasteiger partial charge is 0.462 e. The molecule has 1 aromatic rings. The molecule has 0 spiro atoms. The molecule has 3 heteroatoms. The third-order valence-electron chi connectivity index (χ3n) is 1.64. The maximum atomic E-state index is 11.4. The van der Waals surface area contributed by atoms with Gasteiger partial charge in [-0.3, -0.25) is 0 Å². The third kappa shape index (κ3) is 4.08. The first kappa shape index (κ1) is 12.8. The summed E-state index contributed by atoms with van der Waals surface area (Å²) in [6.07, 6.45) is 0. The molecule has 0 radical (unpaired) electrons. The maximum absolute atomic E-state index is 11.4. The summed E-state index contributed by atoms with van der Waals surface area (Å²) in [6, 6.07) is 3.62. The summed E-state index contributed by atoms with van der Waals surface area (Å²) in [4.78, 5) is 12.9. The van der Waals surface area contributed by atoms with Gasteiger partial charge in [-0.1, -0.05) is 11.8 Å². The molecule has 1 heterocycles. The second-order valence-corrected chi connectivity index (χ2v) is 5.47. The normalized spacial score (nSPS) is 10.5. The zero-order valence-electron chi connectivity index (χ0n) is 10.1. The van der Waals surface area contributed by atoms with Crippen molar-refractivity contribution in [3.8, 4) is 11.8 Å². The van der Waals surface area contributed by atoms with Crippen molar-refractivity contribution in [1.82, 2.24) is 0 Å². The topological polar surface area (TPSA) is 26.3 Å². The zero-order valence-corrected chi connectivity index (χ0v) is 10.9. The minimum atomic E-state index is -0.267. The van der Waals surface area contributed by atoms with Gasteiger partial charge in [-0.2, -0.15) is 0 Å². The average Bonchev–Trinajstić information content (AvgIpc) is 2.62. The van der Waals surface area contributed by atoms with Crippen molar-refractivity contribution in [3.63, 3.8) is 0 Å². The van der Waals surface area contributed by atoms with Crippen molar-refractivity contribution in [2.24, 2.45) is 5.41 Å². The second-order valence-electron chi connectivity index (χ2n) is 4.38. The Balaban J connectivity index is 2.79. The molecule has 0 N–H and O–H groups in total. The molecule has 0 atom stereocenters. The summed E-state index contributed by atoms with van der Waals surface area (Å²) >= 11 is 1.37. The lowest BCUT2D eigenvalue weighted by Gasteiger charge is -2.06. The lowest BCUT2D eigenvalue weighted by molar-refractivity contribution is 0.0532. The van der Waals surface area contributed by atoms with Gasteiger partial charge in [0.2, 0.25) is 0 Å². The average molecular weight is 236 g/mol. The first-order valence-corrected chi connectivity index (χ1v) is 6.04. The Morgan fingerprint density at radius 1 is 1.44 bits per heavy atom. The van der Waals surface area contributed by atoms with Crippen molar-refractivity contribution in [2.75, 3.05) is 6.61 Å². The molecule has 0 amide bonds. The highest BCUT2D eigenvalue weighted by atomic mass is 32.1. The summed E-state index contributed by atoms with van der Waals surface area (Å²) in [5.74, 6) is 5.93. The van der Waals surface area contributed by atoms with E-state index >= 15 is 0 Å². The molecule has 16 heavy (non-hydrogen) atoms.